The number of likely N-dealkylation sites (tertiary alicyclic amines) is 1. The summed E-state index contributed by atoms with van der Waals surface area (Å²) >= 11 is 0. The molecule has 3 heteroatoms. The number of carbonyl (C=O) groups excluding carboxylic acids is 1. The number of hydrogen-bond donors (Lipinski definition) is 0. The predicted octanol–water partition coefficient (Wildman–Crippen LogP) is 3.59. The fourth-order valence-corrected chi connectivity index (χ4v) is 3.31. The molecule has 0 aliphatic carbocycles. The maximum absolute atomic E-state index is 11.7. The quantitative estimate of drug-likeness (QED) is 0.779. The number of benzene rings is 1. The van der Waals surface area contributed by atoms with Gasteiger partial charge in [0, 0.05) is 25.6 Å². The molecule has 0 aromatic heterocycles. The highest BCUT2D eigenvalue weighted by atomic mass is 16.6. The van der Waals surface area contributed by atoms with Gasteiger partial charge in [0.15, 0.2) is 0 Å². The van der Waals surface area contributed by atoms with Gasteiger partial charge in [0.2, 0.25) is 0 Å². The lowest BCUT2D eigenvalue weighted by Crippen LogP contribution is -2.57. The van der Waals surface area contributed by atoms with Gasteiger partial charge in [-0.05, 0) is 38.7 Å². The highest BCUT2D eigenvalue weighted by molar-refractivity contribution is 5.67. The lowest BCUT2D eigenvalue weighted by atomic mass is 9.79. The van der Waals surface area contributed by atoms with Crippen LogP contribution in [0.4, 0.5) is 0 Å². The van der Waals surface area contributed by atoms with Crippen molar-refractivity contribution < 1.29 is 9.53 Å². The SMILES string of the molecule is CC(=O)OC1(c2ccccc2)CC(C)CN(C(C)(C)C)C1. The lowest BCUT2D eigenvalue weighted by molar-refractivity contribution is -0.171. The molecular formula is C18H27NO2. The van der Waals surface area contributed by atoms with Crippen molar-refractivity contribution in [1.82, 2.24) is 4.90 Å². The van der Waals surface area contributed by atoms with Gasteiger partial charge >= 0.3 is 5.97 Å². The Labute approximate surface area is 128 Å². The zero-order valence-electron chi connectivity index (χ0n) is 13.8. The summed E-state index contributed by atoms with van der Waals surface area (Å²) in [4.78, 5) is 14.1. The van der Waals surface area contributed by atoms with Crippen LogP contribution < -0.4 is 0 Å². The third-order valence-electron chi connectivity index (χ3n) is 4.24. The van der Waals surface area contributed by atoms with Crippen LogP contribution in [0.5, 0.6) is 0 Å². The molecule has 1 aliphatic heterocycles. The van der Waals surface area contributed by atoms with E-state index < -0.39 is 5.60 Å². The Morgan fingerprint density at radius 2 is 1.90 bits per heavy atom. The summed E-state index contributed by atoms with van der Waals surface area (Å²) < 4.78 is 5.88. The molecule has 2 rings (SSSR count). The predicted molar refractivity (Wildman–Crippen MR) is 85.0 cm³/mol. The number of esters is 1. The minimum atomic E-state index is -0.530. The molecule has 0 amide bonds. The van der Waals surface area contributed by atoms with Crippen LogP contribution in [0, 0.1) is 5.92 Å². The summed E-state index contributed by atoms with van der Waals surface area (Å²) in [5, 5.41) is 0. The van der Waals surface area contributed by atoms with Gasteiger partial charge in [0.25, 0.3) is 0 Å². The fraction of sp³-hybridized carbons (Fsp3) is 0.611. The van der Waals surface area contributed by atoms with E-state index in [0.29, 0.717) is 5.92 Å². The third-order valence-corrected chi connectivity index (χ3v) is 4.24. The molecular weight excluding hydrogens is 262 g/mol. The standard InChI is InChI=1S/C18H27NO2/c1-14-11-18(21-15(2)20,16-9-7-6-8-10-16)13-19(12-14)17(3,4)5/h6-10,14H,11-13H2,1-5H3. The third kappa shape index (κ3) is 3.65. The van der Waals surface area contributed by atoms with Gasteiger partial charge in [0.1, 0.15) is 5.60 Å². The molecule has 1 saturated heterocycles. The van der Waals surface area contributed by atoms with E-state index in [4.69, 9.17) is 4.74 Å². The molecule has 0 bridgehead atoms. The first-order valence-corrected chi connectivity index (χ1v) is 7.73. The molecule has 2 unspecified atom stereocenters. The van der Waals surface area contributed by atoms with Crippen molar-refractivity contribution >= 4 is 5.97 Å². The van der Waals surface area contributed by atoms with Crippen LogP contribution in [0.1, 0.15) is 46.6 Å². The number of ether oxygens (including phenoxy) is 1. The van der Waals surface area contributed by atoms with Gasteiger partial charge in [-0.15, -0.1) is 0 Å². The molecule has 3 nitrogen and oxygen atoms in total. The molecule has 116 valence electrons. The summed E-state index contributed by atoms with van der Waals surface area (Å²) in [6.07, 6.45) is 0.878. The van der Waals surface area contributed by atoms with E-state index in [1.54, 1.807) is 0 Å². The van der Waals surface area contributed by atoms with Crippen molar-refractivity contribution in [2.24, 2.45) is 5.92 Å². The van der Waals surface area contributed by atoms with Crippen LogP contribution in [-0.2, 0) is 15.1 Å². The molecule has 0 radical (unpaired) electrons. The molecule has 1 aliphatic rings. The van der Waals surface area contributed by atoms with E-state index in [9.17, 15) is 4.79 Å². The molecule has 1 heterocycles. The topological polar surface area (TPSA) is 29.5 Å². The summed E-state index contributed by atoms with van der Waals surface area (Å²) in [5.74, 6) is 0.277. The maximum Gasteiger partial charge on any atom is 0.303 e. The maximum atomic E-state index is 11.7. The van der Waals surface area contributed by atoms with Crippen LogP contribution >= 0.6 is 0 Å². The number of nitrogens with zero attached hydrogens (tertiary/aromatic N) is 1. The van der Waals surface area contributed by atoms with E-state index >= 15 is 0 Å². The molecule has 0 saturated carbocycles. The zero-order valence-corrected chi connectivity index (χ0v) is 13.8. The lowest BCUT2D eigenvalue weighted by Gasteiger charge is -2.49. The Morgan fingerprint density at radius 1 is 1.29 bits per heavy atom. The van der Waals surface area contributed by atoms with Crippen molar-refractivity contribution in [3.05, 3.63) is 35.9 Å². The molecule has 21 heavy (non-hydrogen) atoms. The summed E-state index contributed by atoms with van der Waals surface area (Å²) in [6, 6.07) is 10.2. The first-order valence-electron chi connectivity index (χ1n) is 7.73. The molecule has 1 aromatic carbocycles. The van der Waals surface area contributed by atoms with Crippen LogP contribution in [0.3, 0.4) is 0 Å². The minimum absolute atomic E-state index is 0.0643. The number of hydrogen-bond acceptors (Lipinski definition) is 3. The highest BCUT2D eigenvalue weighted by Gasteiger charge is 2.45. The van der Waals surface area contributed by atoms with Crippen molar-refractivity contribution in [3.63, 3.8) is 0 Å². The van der Waals surface area contributed by atoms with Gasteiger partial charge in [0.05, 0.1) is 0 Å². The Balaban J connectivity index is 2.42. The number of piperidine rings is 1. The Bertz CT molecular complexity index is 492. The van der Waals surface area contributed by atoms with Crippen molar-refractivity contribution in [3.8, 4) is 0 Å². The second-order valence-corrected chi connectivity index (χ2v) is 7.31. The molecule has 1 aromatic rings. The minimum Gasteiger partial charge on any atom is -0.453 e. The average Bonchev–Trinajstić information content (AvgIpc) is 2.37. The summed E-state index contributed by atoms with van der Waals surface area (Å²) in [6.45, 7) is 12.2. The normalized spacial score (nSPS) is 27.4. The van der Waals surface area contributed by atoms with E-state index in [-0.39, 0.29) is 11.5 Å². The molecule has 2 atom stereocenters. The first-order chi connectivity index (χ1) is 9.73. The number of rotatable bonds is 2. The van der Waals surface area contributed by atoms with Crippen LogP contribution in [-0.4, -0.2) is 29.5 Å². The van der Waals surface area contributed by atoms with Crippen molar-refractivity contribution in [2.75, 3.05) is 13.1 Å². The van der Waals surface area contributed by atoms with Gasteiger partial charge < -0.3 is 4.74 Å². The largest absolute Gasteiger partial charge is 0.453 e. The zero-order chi connectivity index (χ0) is 15.7. The van der Waals surface area contributed by atoms with E-state index in [1.807, 2.05) is 18.2 Å². The monoisotopic (exact) mass is 289 g/mol. The van der Waals surface area contributed by atoms with Gasteiger partial charge in [-0.1, -0.05) is 37.3 Å². The summed E-state index contributed by atoms with van der Waals surface area (Å²) in [7, 11) is 0. The fourth-order valence-electron chi connectivity index (χ4n) is 3.31. The smallest absolute Gasteiger partial charge is 0.303 e. The highest BCUT2D eigenvalue weighted by Crippen LogP contribution is 2.40. The first kappa shape index (κ1) is 16.0. The second-order valence-electron chi connectivity index (χ2n) is 7.31. The van der Waals surface area contributed by atoms with Gasteiger partial charge in [-0.2, -0.15) is 0 Å². The Hall–Kier alpha value is -1.35. The van der Waals surface area contributed by atoms with Crippen LogP contribution in [0.25, 0.3) is 0 Å². The molecule has 1 fully saturated rings. The van der Waals surface area contributed by atoms with Gasteiger partial charge in [-0.3, -0.25) is 9.69 Å². The Morgan fingerprint density at radius 3 is 2.43 bits per heavy atom. The summed E-state index contributed by atoms with van der Waals surface area (Å²) in [5.41, 5.74) is 0.633. The molecule has 0 spiro atoms. The van der Waals surface area contributed by atoms with Crippen molar-refractivity contribution in [2.45, 2.75) is 52.2 Å². The van der Waals surface area contributed by atoms with Crippen molar-refractivity contribution in [1.29, 1.82) is 0 Å². The Kier molecular flexibility index (Phi) is 4.43. The van der Waals surface area contributed by atoms with Crippen LogP contribution in [0.2, 0.25) is 0 Å². The molecule has 0 N–H and O–H groups in total. The van der Waals surface area contributed by atoms with E-state index in [2.05, 4.69) is 44.7 Å². The second kappa shape index (κ2) is 5.80. The van der Waals surface area contributed by atoms with Crippen LogP contribution in [0.15, 0.2) is 30.3 Å². The number of carbonyl (C=O) groups is 1. The van der Waals surface area contributed by atoms with E-state index in [1.165, 1.54) is 6.92 Å². The van der Waals surface area contributed by atoms with Gasteiger partial charge in [-0.25, -0.2) is 0 Å². The van der Waals surface area contributed by atoms with E-state index in [0.717, 1.165) is 25.1 Å². The average molecular weight is 289 g/mol.